The van der Waals surface area contributed by atoms with Gasteiger partial charge in [-0.05, 0) is 111 Å². The van der Waals surface area contributed by atoms with Crippen LogP contribution in [0.2, 0.25) is 0 Å². The van der Waals surface area contributed by atoms with Crippen molar-refractivity contribution in [3.8, 4) is 39.1 Å². The Morgan fingerprint density at radius 2 is 1.11 bits per heavy atom. The van der Waals surface area contributed by atoms with Crippen LogP contribution in [0.5, 0.6) is 0 Å². The lowest BCUT2D eigenvalue weighted by Gasteiger charge is -2.22. The molecule has 1 aliphatic rings. The molecule has 0 fully saturated rings. The summed E-state index contributed by atoms with van der Waals surface area (Å²) in [5.41, 5.74) is 24.8. The van der Waals surface area contributed by atoms with E-state index in [1.54, 1.807) is 0 Å². The van der Waals surface area contributed by atoms with Gasteiger partial charge in [-0.2, -0.15) is 0 Å². The number of hydrogen-bond donors (Lipinski definition) is 1. The first kappa shape index (κ1) is 35.8. The molecule has 0 aliphatic heterocycles. The molecule has 0 saturated heterocycles. The van der Waals surface area contributed by atoms with E-state index >= 15 is 0 Å². The molecule has 8 aromatic carbocycles. The number of para-hydroxylation sites is 1. The van der Waals surface area contributed by atoms with Gasteiger partial charge in [0.15, 0.2) is 0 Å². The van der Waals surface area contributed by atoms with Crippen LogP contribution in [0.4, 0.5) is 0 Å². The van der Waals surface area contributed by atoms with E-state index in [1.165, 1.54) is 77.4 Å². The van der Waals surface area contributed by atoms with Crippen molar-refractivity contribution in [2.45, 2.75) is 32.6 Å². The molecule has 0 amide bonds. The van der Waals surface area contributed by atoms with E-state index < -0.39 is 0 Å². The highest BCUT2D eigenvalue weighted by Gasteiger charge is 2.35. The number of aryl methyl sites for hydroxylation is 1. The van der Waals surface area contributed by atoms with E-state index in [0.717, 1.165) is 23.4 Å². The molecule has 2 heteroatoms. The van der Waals surface area contributed by atoms with Crippen LogP contribution in [-0.2, 0) is 11.8 Å². The van der Waals surface area contributed by atoms with E-state index in [-0.39, 0.29) is 5.41 Å². The number of allylic oxidation sites excluding steroid dienone is 1. The Kier molecular flexibility index (Phi) is 9.40. The Bertz CT molecular complexity index is 2890. The third-order valence-electron chi connectivity index (χ3n) is 11.6. The quantitative estimate of drug-likeness (QED) is 0.181. The van der Waals surface area contributed by atoms with Crippen molar-refractivity contribution in [2.75, 3.05) is 0 Å². The summed E-state index contributed by atoms with van der Waals surface area (Å²) in [6, 6.07) is 69.8. The van der Waals surface area contributed by atoms with Gasteiger partial charge in [-0.1, -0.05) is 177 Å². The fraction of sp³-hybridized carbons (Fsp3) is 0.0909. The Labute approximate surface area is 336 Å². The topological polar surface area (TPSA) is 30.9 Å². The number of nitrogens with zero attached hydrogens (tertiary/aromatic N) is 1. The molecular weight excluding hydrogens is 689 g/mol. The predicted octanol–water partition coefficient (Wildman–Crippen LogP) is 14.0. The zero-order chi connectivity index (χ0) is 38.9. The fourth-order valence-electron chi connectivity index (χ4n) is 8.48. The fourth-order valence-corrected chi connectivity index (χ4v) is 8.48. The number of aromatic nitrogens is 1. The number of nitrogens with two attached hydrogens (primary N) is 1. The molecule has 2 nitrogen and oxygen atoms in total. The highest BCUT2D eigenvalue weighted by atomic mass is 15.0. The maximum Gasteiger partial charge on any atom is 0.0541 e. The number of rotatable bonds is 6. The lowest BCUT2D eigenvalue weighted by molar-refractivity contribution is 0.660. The summed E-state index contributed by atoms with van der Waals surface area (Å²) in [5.74, 6) is 0. The minimum atomic E-state index is -0.0213. The van der Waals surface area contributed by atoms with Gasteiger partial charge in [0.05, 0.1) is 11.0 Å². The van der Waals surface area contributed by atoms with Crippen molar-refractivity contribution >= 4 is 27.5 Å². The monoisotopic (exact) mass is 734 g/mol. The van der Waals surface area contributed by atoms with Gasteiger partial charge in [0.1, 0.15) is 0 Å². The lowest BCUT2D eigenvalue weighted by Crippen LogP contribution is -2.14. The van der Waals surface area contributed by atoms with E-state index in [0.29, 0.717) is 0 Å². The van der Waals surface area contributed by atoms with Crippen LogP contribution in [0.25, 0.3) is 66.6 Å². The van der Waals surface area contributed by atoms with E-state index in [1.807, 2.05) is 48.5 Å². The molecule has 1 heterocycles. The lowest BCUT2D eigenvalue weighted by atomic mass is 9.81. The largest absolute Gasteiger partial charge is 0.398 e. The summed E-state index contributed by atoms with van der Waals surface area (Å²) in [4.78, 5) is 0. The molecule has 57 heavy (non-hydrogen) atoms. The van der Waals surface area contributed by atoms with Crippen molar-refractivity contribution in [3.05, 3.63) is 228 Å². The van der Waals surface area contributed by atoms with Crippen molar-refractivity contribution < 1.29 is 0 Å². The molecule has 0 saturated carbocycles. The first-order valence-corrected chi connectivity index (χ1v) is 19.9. The van der Waals surface area contributed by atoms with Gasteiger partial charge < -0.3 is 10.3 Å². The molecule has 10 rings (SSSR count). The van der Waals surface area contributed by atoms with Crippen LogP contribution in [0.1, 0.15) is 41.7 Å². The van der Waals surface area contributed by atoms with Crippen molar-refractivity contribution in [1.82, 2.24) is 4.57 Å². The van der Waals surface area contributed by atoms with Crippen molar-refractivity contribution in [2.24, 2.45) is 5.73 Å². The standard InChI is InChI=1S/C48H38N2.C7H8/c1-48(2)43-17-8-6-15-39(43)40-26-22-37(31-44(40)48)35-14-10-13-34(29-35)36-23-28-47-42(30-36)41-16-7-9-18-46(41)50(47)38-24-19-32(20-25-38)21-27-45(49)33-11-4-3-5-12-33;1-7-5-3-2-4-6-7/h3-20,22-31H,21,49H2,1-2H3;2-6H,1H3/b45-27-;. The van der Waals surface area contributed by atoms with Gasteiger partial charge in [0.2, 0.25) is 0 Å². The molecule has 0 atom stereocenters. The van der Waals surface area contributed by atoms with Gasteiger partial charge >= 0.3 is 0 Å². The Morgan fingerprint density at radius 1 is 0.509 bits per heavy atom. The first-order valence-electron chi connectivity index (χ1n) is 19.9. The maximum absolute atomic E-state index is 6.37. The van der Waals surface area contributed by atoms with E-state index in [9.17, 15) is 0 Å². The molecule has 0 spiro atoms. The first-order chi connectivity index (χ1) is 27.8. The zero-order valence-corrected chi connectivity index (χ0v) is 32.8. The summed E-state index contributed by atoms with van der Waals surface area (Å²) in [6.45, 7) is 6.78. The molecule has 276 valence electrons. The summed E-state index contributed by atoms with van der Waals surface area (Å²) in [7, 11) is 0. The van der Waals surface area contributed by atoms with Crippen LogP contribution < -0.4 is 5.73 Å². The Hall–Kier alpha value is -6.90. The third-order valence-corrected chi connectivity index (χ3v) is 11.6. The van der Waals surface area contributed by atoms with Gasteiger partial charge in [0, 0.05) is 27.6 Å². The number of hydrogen-bond acceptors (Lipinski definition) is 1. The molecular formula is C55H46N2. The highest BCUT2D eigenvalue weighted by Crippen LogP contribution is 2.49. The smallest absolute Gasteiger partial charge is 0.0541 e. The predicted molar refractivity (Wildman–Crippen MR) is 243 cm³/mol. The minimum Gasteiger partial charge on any atom is -0.398 e. The number of fused-ring (bicyclic) bond motifs is 6. The summed E-state index contributed by atoms with van der Waals surface area (Å²) < 4.78 is 2.38. The minimum absolute atomic E-state index is 0.0213. The van der Waals surface area contributed by atoms with Gasteiger partial charge in [-0.15, -0.1) is 0 Å². The second-order valence-corrected chi connectivity index (χ2v) is 15.6. The number of benzene rings is 8. The van der Waals surface area contributed by atoms with Crippen LogP contribution >= 0.6 is 0 Å². The molecule has 1 aromatic heterocycles. The molecule has 9 aromatic rings. The molecule has 1 aliphatic carbocycles. The van der Waals surface area contributed by atoms with Crippen LogP contribution in [-0.4, -0.2) is 4.57 Å². The summed E-state index contributed by atoms with van der Waals surface area (Å²) in [6.07, 6.45) is 2.89. The SMILES string of the molecule is CC1(C)c2ccccc2-c2ccc(-c3cccc(-c4ccc5c(c4)c4ccccc4n5-c4ccc(C/C=C(\N)c5ccccc5)cc4)c3)cc21.Cc1ccccc1. The molecule has 0 radical (unpaired) electrons. The van der Waals surface area contributed by atoms with E-state index in [2.05, 4.69) is 177 Å². The van der Waals surface area contributed by atoms with Gasteiger partial charge in [-0.25, -0.2) is 0 Å². The van der Waals surface area contributed by atoms with Crippen LogP contribution in [0, 0.1) is 6.92 Å². The van der Waals surface area contributed by atoms with Crippen molar-refractivity contribution in [1.29, 1.82) is 0 Å². The zero-order valence-electron chi connectivity index (χ0n) is 32.8. The second kappa shape index (κ2) is 15.0. The average molecular weight is 735 g/mol. The normalized spacial score (nSPS) is 12.9. The maximum atomic E-state index is 6.37. The van der Waals surface area contributed by atoms with Crippen LogP contribution in [0.15, 0.2) is 200 Å². The van der Waals surface area contributed by atoms with Crippen molar-refractivity contribution in [3.63, 3.8) is 0 Å². The average Bonchev–Trinajstić information content (AvgIpc) is 3.71. The highest BCUT2D eigenvalue weighted by molar-refractivity contribution is 6.10. The molecule has 0 unspecified atom stereocenters. The molecule has 0 bridgehead atoms. The summed E-state index contributed by atoms with van der Waals surface area (Å²) >= 11 is 0. The second-order valence-electron chi connectivity index (χ2n) is 15.6. The Morgan fingerprint density at radius 3 is 1.84 bits per heavy atom. The van der Waals surface area contributed by atoms with Crippen LogP contribution in [0.3, 0.4) is 0 Å². The van der Waals surface area contributed by atoms with E-state index in [4.69, 9.17) is 5.73 Å². The third kappa shape index (κ3) is 6.85. The molecule has 2 N–H and O–H groups in total. The van der Waals surface area contributed by atoms with Gasteiger partial charge in [-0.3, -0.25) is 0 Å². The van der Waals surface area contributed by atoms with Gasteiger partial charge in [0.25, 0.3) is 0 Å². The Balaban J connectivity index is 0.000000548. The summed E-state index contributed by atoms with van der Waals surface area (Å²) in [5, 5.41) is 2.51.